The molecule has 7 heteroatoms. The van der Waals surface area contributed by atoms with Crippen LogP contribution < -0.4 is 11.1 Å². The van der Waals surface area contributed by atoms with Crippen molar-refractivity contribution in [1.82, 2.24) is 4.98 Å². The lowest BCUT2D eigenvalue weighted by Crippen LogP contribution is -2.26. The number of aliphatic carboxylic acids is 1. The quantitative estimate of drug-likeness (QED) is 0.738. The zero-order chi connectivity index (χ0) is 14.6. The van der Waals surface area contributed by atoms with Gasteiger partial charge < -0.3 is 16.2 Å². The Morgan fingerprint density at radius 3 is 2.63 bits per heavy atom. The number of nitrogens with one attached hydrogen (secondary N) is 1. The monoisotopic (exact) mass is 285 g/mol. The van der Waals surface area contributed by atoms with Gasteiger partial charge in [-0.1, -0.05) is 11.6 Å². The maximum Gasteiger partial charge on any atom is 0.309 e. The van der Waals surface area contributed by atoms with E-state index >= 15 is 0 Å². The van der Waals surface area contributed by atoms with Gasteiger partial charge in [-0.05, 0) is 26.3 Å². The summed E-state index contributed by atoms with van der Waals surface area (Å²) in [7, 11) is 0. The van der Waals surface area contributed by atoms with E-state index in [-0.39, 0.29) is 10.6 Å². The van der Waals surface area contributed by atoms with Crippen molar-refractivity contribution in [3.63, 3.8) is 0 Å². The minimum absolute atomic E-state index is 0.224. The molecule has 1 aromatic rings. The fourth-order valence-electron chi connectivity index (χ4n) is 1.30. The van der Waals surface area contributed by atoms with E-state index in [1.807, 2.05) is 0 Å². The maximum absolute atomic E-state index is 10.9. The fourth-order valence-corrected chi connectivity index (χ4v) is 1.54. The number of hydrogen-bond acceptors (Lipinski definition) is 4. The van der Waals surface area contributed by atoms with Crippen molar-refractivity contribution in [3.8, 4) is 0 Å². The highest BCUT2D eigenvalue weighted by atomic mass is 35.5. The summed E-state index contributed by atoms with van der Waals surface area (Å²) in [6.07, 6.45) is 1.73. The van der Waals surface area contributed by atoms with Crippen molar-refractivity contribution in [1.29, 1.82) is 0 Å². The molecule has 0 aromatic carbocycles. The van der Waals surface area contributed by atoms with Gasteiger partial charge in [-0.25, -0.2) is 4.98 Å². The smallest absolute Gasteiger partial charge is 0.309 e. The number of carboxylic acids is 1. The van der Waals surface area contributed by atoms with E-state index in [0.717, 1.165) is 0 Å². The van der Waals surface area contributed by atoms with Crippen LogP contribution in [0.5, 0.6) is 0 Å². The number of carboxylic acid groups (broad SMARTS) is 1. The van der Waals surface area contributed by atoms with Crippen LogP contribution in [-0.4, -0.2) is 28.5 Å². The van der Waals surface area contributed by atoms with Gasteiger partial charge in [0.15, 0.2) is 0 Å². The van der Waals surface area contributed by atoms with Crippen molar-refractivity contribution >= 4 is 29.3 Å². The predicted molar refractivity (Wildman–Crippen MR) is 72.3 cm³/mol. The van der Waals surface area contributed by atoms with Gasteiger partial charge in [0.2, 0.25) is 5.91 Å². The maximum atomic E-state index is 10.9. The molecule has 104 valence electrons. The third-order valence-corrected chi connectivity index (χ3v) is 3.04. The third kappa shape index (κ3) is 4.10. The molecule has 0 radical (unpaired) electrons. The topological polar surface area (TPSA) is 105 Å². The Kier molecular flexibility index (Phi) is 4.72. The van der Waals surface area contributed by atoms with Gasteiger partial charge in [-0.15, -0.1) is 0 Å². The molecular formula is C12H16ClN3O3. The molecule has 0 unspecified atom stereocenters. The first kappa shape index (κ1) is 15.2. The van der Waals surface area contributed by atoms with Crippen molar-refractivity contribution in [2.75, 3.05) is 11.9 Å². The molecule has 0 saturated carbocycles. The highest BCUT2D eigenvalue weighted by molar-refractivity contribution is 6.33. The zero-order valence-corrected chi connectivity index (χ0v) is 11.5. The molecule has 1 rings (SSSR count). The standard InChI is InChI=1S/C12H16ClN3O3/c1-12(2,11(18)19)3-4-15-10-8(13)5-7(6-16-10)9(14)17/h5-6H,3-4H2,1-2H3,(H2,14,17)(H,15,16)(H,18,19). The van der Waals surface area contributed by atoms with Crippen molar-refractivity contribution in [2.45, 2.75) is 20.3 Å². The van der Waals surface area contributed by atoms with E-state index in [4.69, 9.17) is 22.4 Å². The van der Waals surface area contributed by atoms with Crippen LogP contribution in [0.25, 0.3) is 0 Å². The average Bonchev–Trinajstić information content (AvgIpc) is 2.30. The van der Waals surface area contributed by atoms with Crippen LogP contribution in [0, 0.1) is 5.41 Å². The number of rotatable bonds is 6. The molecule has 0 aliphatic carbocycles. The largest absolute Gasteiger partial charge is 0.481 e. The summed E-state index contributed by atoms with van der Waals surface area (Å²) in [6, 6.07) is 1.42. The number of anilines is 1. The fraction of sp³-hybridized carbons (Fsp3) is 0.417. The SMILES string of the molecule is CC(C)(CCNc1ncc(C(N)=O)cc1Cl)C(=O)O. The molecule has 0 aliphatic heterocycles. The first-order valence-corrected chi connectivity index (χ1v) is 6.04. The van der Waals surface area contributed by atoms with Crippen LogP contribution >= 0.6 is 11.6 Å². The van der Waals surface area contributed by atoms with E-state index in [9.17, 15) is 9.59 Å². The highest BCUT2D eigenvalue weighted by Gasteiger charge is 2.26. The second-order valence-electron chi connectivity index (χ2n) is 4.78. The highest BCUT2D eigenvalue weighted by Crippen LogP contribution is 2.23. The molecule has 0 fully saturated rings. The van der Waals surface area contributed by atoms with Crippen LogP contribution in [0.1, 0.15) is 30.6 Å². The van der Waals surface area contributed by atoms with Crippen LogP contribution in [0.4, 0.5) is 5.82 Å². The molecule has 19 heavy (non-hydrogen) atoms. The zero-order valence-electron chi connectivity index (χ0n) is 10.7. The van der Waals surface area contributed by atoms with Gasteiger partial charge in [0.25, 0.3) is 0 Å². The molecule has 0 aliphatic rings. The summed E-state index contributed by atoms with van der Waals surface area (Å²) in [5.74, 6) is -1.07. The van der Waals surface area contributed by atoms with E-state index < -0.39 is 17.3 Å². The van der Waals surface area contributed by atoms with Gasteiger partial charge in [0, 0.05) is 12.7 Å². The van der Waals surface area contributed by atoms with E-state index in [1.54, 1.807) is 13.8 Å². The summed E-state index contributed by atoms with van der Waals surface area (Å²) >= 11 is 5.94. The minimum atomic E-state index is -0.863. The van der Waals surface area contributed by atoms with Crippen LogP contribution in [0.2, 0.25) is 5.02 Å². The molecule has 6 nitrogen and oxygen atoms in total. The first-order chi connectivity index (χ1) is 8.74. The number of amides is 1. The number of hydrogen-bond donors (Lipinski definition) is 3. The van der Waals surface area contributed by atoms with E-state index in [2.05, 4.69) is 10.3 Å². The number of aromatic nitrogens is 1. The van der Waals surface area contributed by atoms with Crippen LogP contribution in [0.15, 0.2) is 12.3 Å². The number of nitrogens with zero attached hydrogens (tertiary/aromatic N) is 1. The Hall–Kier alpha value is -1.82. The Morgan fingerprint density at radius 1 is 1.53 bits per heavy atom. The molecule has 4 N–H and O–H groups in total. The molecule has 1 aromatic heterocycles. The molecule has 1 amide bonds. The number of halogens is 1. The predicted octanol–water partition coefficient (Wildman–Crippen LogP) is 1.75. The number of pyridine rings is 1. The summed E-state index contributed by atoms with van der Waals surface area (Å²) in [5, 5.41) is 12.2. The summed E-state index contributed by atoms with van der Waals surface area (Å²) in [4.78, 5) is 25.8. The van der Waals surface area contributed by atoms with Crippen molar-refractivity contribution in [3.05, 3.63) is 22.8 Å². The Bertz CT molecular complexity index is 503. The van der Waals surface area contributed by atoms with Gasteiger partial charge >= 0.3 is 5.97 Å². The van der Waals surface area contributed by atoms with Crippen molar-refractivity contribution < 1.29 is 14.7 Å². The van der Waals surface area contributed by atoms with Crippen molar-refractivity contribution in [2.24, 2.45) is 11.1 Å². The number of carbonyl (C=O) groups excluding carboxylic acids is 1. The second-order valence-corrected chi connectivity index (χ2v) is 5.19. The lowest BCUT2D eigenvalue weighted by molar-refractivity contribution is -0.147. The Balaban J connectivity index is 2.64. The summed E-state index contributed by atoms with van der Waals surface area (Å²) < 4.78 is 0. The first-order valence-electron chi connectivity index (χ1n) is 5.66. The summed E-state index contributed by atoms with van der Waals surface area (Å²) in [5.41, 5.74) is 4.50. The Morgan fingerprint density at radius 2 is 2.16 bits per heavy atom. The van der Waals surface area contributed by atoms with E-state index in [0.29, 0.717) is 18.8 Å². The number of primary amides is 1. The number of nitrogens with two attached hydrogens (primary N) is 1. The molecule has 0 spiro atoms. The average molecular weight is 286 g/mol. The van der Waals surface area contributed by atoms with E-state index in [1.165, 1.54) is 12.3 Å². The molecule has 0 atom stereocenters. The lowest BCUT2D eigenvalue weighted by atomic mass is 9.90. The molecular weight excluding hydrogens is 270 g/mol. The molecule has 0 bridgehead atoms. The molecule has 1 heterocycles. The lowest BCUT2D eigenvalue weighted by Gasteiger charge is -2.19. The second kappa shape index (κ2) is 5.88. The van der Waals surface area contributed by atoms with Gasteiger partial charge in [-0.3, -0.25) is 9.59 Å². The third-order valence-electron chi connectivity index (χ3n) is 2.75. The molecule has 0 saturated heterocycles. The Labute approximate surface area is 116 Å². The van der Waals surface area contributed by atoms with Gasteiger partial charge in [0.05, 0.1) is 16.0 Å². The summed E-state index contributed by atoms with van der Waals surface area (Å²) in [6.45, 7) is 3.69. The minimum Gasteiger partial charge on any atom is -0.481 e. The van der Waals surface area contributed by atoms with Crippen LogP contribution in [0.3, 0.4) is 0 Å². The van der Waals surface area contributed by atoms with Crippen LogP contribution in [-0.2, 0) is 4.79 Å². The number of carbonyl (C=O) groups is 2. The van der Waals surface area contributed by atoms with Gasteiger partial charge in [-0.2, -0.15) is 0 Å². The van der Waals surface area contributed by atoms with Gasteiger partial charge in [0.1, 0.15) is 5.82 Å². The normalized spacial score (nSPS) is 11.1.